The monoisotopic (exact) mass is 179 g/mol. The van der Waals surface area contributed by atoms with Crippen molar-refractivity contribution in [2.24, 2.45) is 0 Å². The van der Waals surface area contributed by atoms with E-state index in [1.165, 1.54) is 19.3 Å². The van der Waals surface area contributed by atoms with Crippen molar-refractivity contribution in [2.45, 2.75) is 45.6 Å². The van der Waals surface area contributed by atoms with E-state index in [1.807, 2.05) is 0 Å². The molecule has 1 heteroatoms. The highest BCUT2D eigenvalue weighted by atomic mass is 14.9. The zero-order chi connectivity index (χ0) is 9.73. The van der Waals surface area contributed by atoms with Crippen molar-refractivity contribution in [1.82, 2.24) is 5.32 Å². The van der Waals surface area contributed by atoms with E-state index in [9.17, 15) is 0 Å². The van der Waals surface area contributed by atoms with Crippen LogP contribution in [0.3, 0.4) is 0 Å². The second kappa shape index (κ2) is 4.61. The van der Waals surface area contributed by atoms with Crippen LogP contribution in [0, 0.1) is 0 Å². The normalized spacial score (nSPS) is 16.4. The molecule has 0 bridgehead atoms. The Hall–Kier alpha value is -0.560. The molecule has 0 heterocycles. The maximum Gasteiger partial charge on any atom is 0.00965 e. The Bertz CT molecular complexity index is 206. The van der Waals surface area contributed by atoms with Gasteiger partial charge in [0.1, 0.15) is 0 Å². The second-order valence-electron chi connectivity index (χ2n) is 4.74. The highest BCUT2D eigenvalue weighted by Gasteiger charge is 2.07. The van der Waals surface area contributed by atoms with Gasteiger partial charge in [0.05, 0.1) is 0 Å². The number of hydrogen-bond acceptors (Lipinski definition) is 1. The van der Waals surface area contributed by atoms with Crippen LogP contribution in [-0.2, 0) is 0 Å². The molecule has 0 spiro atoms. The van der Waals surface area contributed by atoms with Gasteiger partial charge in [-0.25, -0.2) is 0 Å². The fourth-order valence-corrected chi connectivity index (χ4v) is 1.46. The summed E-state index contributed by atoms with van der Waals surface area (Å²) in [5.74, 6) is 0. The van der Waals surface area contributed by atoms with Crippen molar-refractivity contribution in [1.29, 1.82) is 0 Å². The van der Waals surface area contributed by atoms with E-state index >= 15 is 0 Å². The lowest BCUT2D eigenvalue weighted by atomic mass is 10.1. The van der Waals surface area contributed by atoms with Gasteiger partial charge in [0, 0.05) is 5.54 Å². The first kappa shape index (κ1) is 10.5. The Morgan fingerprint density at radius 1 is 1.38 bits per heavy atom. The summed E-state index contributed by atoms with van der Waals surface area (Å²) in [6, 6.07) is 0. The molecule has 13 heavy (non-hydrogen) atoms. The van der Waals surface area contributed by atoms with Crippen LogP contribution in [0.15, 0.2) is 23.8 Å². The van der Waals surface area contributed by atoms with E-state index in [0.717, 1.165) is 6.54 Å². The second-order valence-corrected chi connectivity index (χ2v) is 4.74. The lowest BCUT2D eigenvalue weighted by molar-refractivity contribution is 0.422. The number of nitrogens with one attached hydrogen (secondary N) is 1. The molecule has 0 aromatic rings. The summed E-state index contributed by atoms with van der Waals surface area (Å²) >= 11 is 0. The molecule has 0 amide bonds. The first-order valence-electron chi connectivity index (χ1n) is 5.17. The molecule has 0 radical (unpaired) electrons. The van der Waals surface area contributed by atoms with Crippen molar-refractivity contribution in [3.05, 3.63) is 23.8 Å². The van der Waals surface area contributed by atoms with Gasteiger partial charge in [-0.3, -0.25) is 0 Å². The lowest BCUT2D eigenvalue weighted by Crippen LogP contribution is -2.36. The summed E-state index contributed by atoms with van der Waals surface area (Å²) in [6.45, 7) is 7.76. The van der Waals surface area contributed by atoms with Gasteiger partial charge in [-0.15, -0.1) is 0 Å². The van der Waals surface area contributed by atoms with E-state index in [-0.39, 0.29) is 5.54 Å². The first-order chi connectivity index (χ1) is 6.08. The molecule has 1 N–H and O–H groups in total. The minimum atomic E-state index is 0.266. The summed E-state index contributed by atoms with van der Waals surface area (Å²) in [7, 11) is 0. The van der Waals surface area contributed by atoms with Crippen LogP contribution in [0.25, 0.3) is 0 Å². The summed E-state index contributed by atoms with van der Waals surface area (Å²) in [6.07, 6.45) is 10.3. The third-order valence-corrected chi connectivity index (χ3v) is 2.18. The summed E-state index contributed by atoms with van der Waals surface area (Å²) in [4.78, 5) is 0. The van der Waals surface area contributed by atoms with Crippen molar-refractivity contribution in [2.75, 3.05) is 6.54 Å². The van der Waals surface area contributed by atoms with Gasteiger partial charge in [-0.05, 0) is 46.6 Å². The standard InChI is InChI=1S/C12H21N/c1-12(2,3)13-10-6-9-11-7-4-5-8-11/h4-5,7,13H,6,8-10H2,1-3H3. The molecule has 0 aromatic carbocycles. The lowest BCUT2D eigenvalue weighted by Gasteiger charge is -2.20. The van der Waals surface area contributed by atoms with Crippen LogP contribution >= 0.6 is 0 Å². The average molecular weight is 179 g/mol. The Balaban J connectivity index is 2.02. The smallest absolute Gasteiger partial charge is 0.00965 e. The molecule has 0 fully saturated rings. The molecule has 1 rings (SSSR count). The molecular formula is C12H21N. The molecule has 0 saturated carbocycles. The van der Waals surface area contributed by atoms with E-state index in [2.05, 4.69) is 44.3 Å². The van der Waals surface area contributed by atoms with Crippen LogP contribution in [0.2, 0.25) is 0 Å². The Kier molecular flexibility index (Phi) is 3.73. The Morgan fingerprint density at radius 2 is 2.15 bits per heavy atom. The van der Waals surface area contributed by atoms with Gasteiger partial charge in [0.25, 0.3) is 0 Å². The van der Waals surface area contributed by atoms with Crippen molar-refractivity contribution < 1.29 is 0 Å². The largest absolute Gasteiger partial charge is 0.312 e. The predicted octanol–water partition coefficient (Wildman–Crippen LogP) is 3.04. The van der Waals surface area contributed by atoms with Gasteiger partial charge >= 0.3 is 0 Å². The van der Waals surface area contributed by atoms with E-state index < -0.39 is 0 Å². The summed E-state index contributed by atoms with van der Waals surface area (Å²) < 4.78 is 0. The van der Waals surface area contributed by atoms with Crippen LogP contribution in [-0.4, -0.2) is 12.1 Å². The SMILES string of the molecule is CC(C)(C)NCCCC1=CC=CC1. The highest BCUT2D eigenvalue weighted by molar-refractivity contribution is 5.22. The van der Waals surface area contributed by atoms with Crippen molar-refractivity contribution in [3.8, 4) is 0 Å². The number of hydrogen-bond donors (Lipinski definition) is 1. The molecule has 0 aliphatic heterocycles. The van der Waals surface area contributed by atoms with Crippen LogP contribution in [0.4, 0.5) is 0 Å². The molecule has 1 aliphatic carbocycles. The van der Waals surface area contributed by atoms with Crippen LogP contribution in [0.1, 0.15) is 40.0 Å². The van der Waals surface area contributed by atoms with E-state index in [1.54, 1.807) is 5.57 Å². The average Bonchev–Trinajstić information content (AvgIpc) is 2.48. The molecule has 74 valence electrons. The quantitative estimate of drug-likeness (QED) is 0.654. The molecular weight excluding hydrogens is 158 g/mol. The minimum Gasteiger partial charge on any atom is -0.312 e. The third kappa shape index (κ3) is 4.89. The molecule has 0 atom stereocenters. The minimum absolute atomic E-state index is 0.266. The number of allylic oxidation sites excluding steroid dienone is 4. The first-order valence-corrected chi connectivity index (χ1v) is 5.17. The maximum absolute atomic E-state index is 3.50. The Labute approximate surface area is 81.9 Å². The summed E-state index contributed by atoms with van der Waals surface area (Å²) in [5.41, 5.74) is 1.85. The van der Waals surface area contributed by atoms with Gasteiger partial charge in [0.2, 0.25) is 0 Å². The fraction of sp³-hybridized carbons (Fsp3) is 0.667. The van der Waals surface area contributed by atoms with Crippen molar-refractivity contribution in [3.63, 3.8) is 0 Å². The molecule has 0 unspecified atom stereocenters. The molecule has 1 aliphatic rings. The van der Waals surface area contributed by atoms with Gasteiger partial charge in [-0.2, -0.15) is 0 Å². The Morgan fingerprint density at radius 3 is 2.69 bits per heavy atom. The van der Waals surface area contributed by atoms with E-state index in [0.29, 0.717) is 0 Å². The zero-order valence-electron chi connectivity index (χ0n) is 9.06. The van der Waals surface area contributed by atoms with Crippen LogP contribution in [0.5, 0.6) is 0 Å². The zero-order valence-corrected chi connectivity index (χ0v) is 9.06. The molecule has 1 nitrogen and oxygen atoms in total. The topological polar surface area (TPSA) is 12.0 Å². The van der Waals surface area contributed by atoms with Crippen LogP contribution < -0.4 is 5.32 Å². The van der Waals surface area contributed by atoms with Gasteiger partial charge < -0.3 is 5.32 Å². The summed E-state index contributed by atoms with van der Waals surface area (Å²) in [5, 5.41) is 3.50. The fourth-order valence-electron chi connectivity index (χ4n) is 1.46. The van der Waals surface area contributed by atoms with Gasteiger partial charge in [-0.1, -0.05) is 23.8 Å². The van der Waals surface area contributed by atoms with Gasteiger partial charge in [0.15, 0.2) is 0 Å². The maximum atomic E-state index is 3.50. The van der Waals surface area contributed by atoms with Crippen molar-refractivity contribution >= 4 is 0 Å². The molecule has 0 saturated heterocycles. The molecule has 0 aromatic heterocycles. The predicted molar refractivity (Wildman–Crippen MR) is 58.8 cm³/mol. The highest BCUT2D eigenvalue weighted by Crippen LogP contribution is 2.15. The van der Waals surface area contributed by atoms with E-state index in [4.69, 9.17) is 0 Å². The number of rotatable bonds is 4. The third-order valence-electron chi connectivity index (χ3n) is 2.18.